The number of methoxy groups -OCH3 is 1. The molecule has 1 saturated carbocycles. The average molecular weight is 321 g/mol. The Morgan fingerprint density at radius 2 is 2.23 bits per heavy atom. The molecule has 2 N–H and O–H groups in total. The second-order valence-electron chi connectivity index (χ2n) is 5.74. The fourth-order valence-corrected chi connectivity index (χ4v) is 3.71. The highest BCUT2D eigenvalue weighted by Crippen LogP contribution is 2.28. The Balaban J connectivity index is 1.85. The van der Waals surface area contributed by atoms with E-state index in [1.54, 1.807) is 7.11 Å². The molecular formula is C17H27N3OS. The molecule has 1 aliphatic carbocycles. The van der Waals surface area contributed by atoms with Crippen LogP contribution >= 0.6 is 11.8 Å². The van der Waals surface area contributed by atoms with Gasteiger partial charge in [-0.05, 0) is 49.6 Å². The lowest BCUT2D eigenvalue weighted by molar-refractivity contribution is 0.411. The number of guanidine groups is 1. The zero-order valence-corrected chi connectivity index (χ0v) is 14.8. The minimum atomic E-state index is 0.543. The van der Waals surface area contributed by atoms with Crippen molar-refractivity contribution in [1.82, 2.24) is 10.6 Å². The Labute approximate surface area is 138 Å². The van der Waals surface area contributed by atoms with E-state index >= 15 is 0 Å². The van der Waals surface area contributed by atoms with Gasteiger partial charge in [-0.3, -0.25) is 4.99 Å². The molecule has 1 aromatic carbocycles. The highest BCUT2D eigenvalue weighted by molar-refractivity contribution is 7.99. The molecule has 5 heteroatoms. The van der Waals surface area contributed by atoms with Crippen LogP contribution in [0.2, 0.25) is 0 Å². The van der Waals surface area contributed by atoms with E-state index < -0.39 is 0 Å². The van der Waals surface area contributed by atoms with Crippen molar-refractivity contribution in [3.8, 4) is 5.75 Å². The molecule has 1 fully saturated rings. The van der Waals surface area contributed by atoms with E-state index in [1.165, 1.54) is 24.8 Å². The summed E-state index contributed by atoms with van der Waals surface area (Å²) < 4.78 is 5.30. The molecule has 0 aromatic heterocycles. The van der Waals surface area contributed by atoms with E-state index in [0.717, 1.165) is 29.1 Å². The molecule has 1 aromatic rings. The van der Waals surface area contributed by atoms with Crippen LogP contribution in [0.3, 0.4) is 0 Å². The maximum absolute atomic E-state index is 5.30. The second kappa shape index (κ2) is 8.32. The maximum Gasteiger partial charge on any atom is 0.191 e. The molecule has 0 amide bonds. The molecule has 22 heavy (non-hydrogen) atoms. The molecular weight excluding hydrogens is 294 g/mol. The van der Waals surface area contributed by atoms with Crippen LogP contribution < -0.4 is 15.4 Å². The molecule has 1 aliphatic rings. The number of ether oxygens (including phenoxy) is 1. The zero-order chi connectivity index (χ0) is 15.9. The molecule has 0 aliphatic heterocycles. The van der Waals surface area contributed by atoms with Crippen LogP contribution in [-0.2, 0) is 6.54 Å². The Morgan fingerprint density at radius 3 is 2.82 bits per heavy atom. The van der Waals surface area contributed by atoms with Crippen molar-refractivity contribution >= 4 is 17.7 Å². The average Bonchev–Trinajstić information content (AvgIpc) is 2.99. The van der Waals surface area contributed by atoms with Gasteiger partial charge in [0.2, 0.25) is 0 Å². The first-order valence-electron chi connectivity index (χ1n) is 7.79. The largest absolute Gasteiger partial charge is 0.496 e. The van der Waals surface area contributed by atoms with E-state index in [-0.39, 0.29) is 0 Å². The Morgan fingerprint density at radius 1 is 1.41 bits per heavy atom. The third kappa shape index (κ3) is 4.57. The van der Waals surface area contributed by atoms with Crippen molar-refractivity contribution < 1.29 is 4.74 Å². The van der Waals surface area contributed by atoms with Gasteiger partial charge in [-0.1, -0.05) is 12.1 Å². The van der Waals surface area contributed by atoms with E-state index in [4.69, 9.17) is 4.74 Å². The van der Waals surface area contributed by atoms with Gasteiger partial charge in [0.05, 0.1) is 7.11 Å². The normalized spacial score (nSPS) is 21.7. The Kier molecular flexibility index (Phi) is 6.43. The fourth-order valence-electron chi connectivity index (χ4n) is 2.91. The summed E-state index contributed by atoms with van der Waals surface area (Å²) in [5.41, 5.74) is 2.39. The highest BCUT2D eigenvalue weighted by Gasteiger charge is 2.24. The summed E-state index contributed by atoms with van der Waals surface area (Å²) in [6.45, 7) is 2.83. The van der Waals surface area contributed by atoms with Gasteiger partial charge >= 0.3 is 0 Å². The predicted octanol–water partition coefficient (Wildman–Crippen LogP) is 2.95. The minimum Gasteiger partial charge on any atom is -0.496 e. The number of nitrogens with one attached hydrogen (secondary N) is 2. The summed E-state index contributed by atoms with van der Waals surface area (Å²) >= 11 is 1.97. The van der Waals surface area contributed by atoms with Crippen LogP contribution in [-0.4, -0.2) is 37.7 Å². The number of nitrogens with zero attached hydrogens (tertiary/aromatic N) is 1. The molecule has 0 spiro atoms. The molecule has 2 unspecified atom stereocenters. The van der Waals surface area contributed by atoms with Crippen LogP contribution in [0.25, 0.3) is 0 Å². The lowest BCUT2D eigenvalue weighted by atomic mass is 10.1. The summed E-state index contributed by atoms with van der Waals surface area (Å²) in [6, 6.07) is 6.80. The van der Waals surface area contributed by atoms with Crippen molar-refractivity contribution in [3.63, 3.8) is 0 Å². The number of thioether (sulfide) groups is 1. The van der Waals surface area contributed by atoms with Gasteiger partial charge in [-0.2, -0.15) is 11.8 Å². The van der Waals surface area contributed by atoms with Gasteiger partial charge in [-0.15, -0.1) is 0 Å². The van der Waals surface area contributed by atoms with Crippen molar-refractivity contribution in [2.24, 2.45) is 4.99 Å². The quantitative estimate of drug-likeness (QED) is 0.646. The van der Waals surface area contributed by atoms with Crippen LogP contribution in [0.4, 0.5) is 0 Å². The Hall–Kier alpha value is -1.36. The Bertz CT molecular complexity index is 519. The second-order valence-corrected chi connectivity index (χ2v) is 6.88. The van der Waals surface area contributed by atoms with E-state index in [9.17, 15) is 0 Å². The molecule has 2 rings (SSSR count). The third-order valence-corrected chi connectivity index (χ3v) is 5.30. The first-order chi connectivity index (χ1) is 10.7. The van der Waals surface area contributed by atoms with Crippen LogP contribution in [0.1, 0.15) is 30.4 Å². The lowest BCUT2D eigenvalue weighted by Gasteiger charge is -2.17. The summed E-state index contributed by atoms with van der Waals surface area (Å²) in [5, 5.41) is 7.73. The number of hydrogen-bond donors (Lipinski definition) is 2. The molecule has 0 saturated heterocycles. The number of rotatable bonds is 5. The van der Waals surface area contributed by atoms with E-state index in [2.05, 4.69) is 40.9 Å². The highest BCUT2D eigenvalue weighted by atomic mass is 32.2. The topological polar surface area (TPSA) is 45.7 Å². The van der Waals surface area contributed by atoms with Gasteiger partial charge in [0.1, 0.15) is 5.75 Å². The molecule has 2 atom stereocenters. The van der Waals surface area contributed by atoms with Crippen molar-refractivity contribution in [2.75, 3.05) is 20.4 Å². The monoisotopic (exact) mass is 321 g/mol. The number of aliphatic imine (C=N–C) groups is 1. The van der Waals surface area contributed by atoms with Crippen molar-refractivity contribution in [1.29, 1.82) is 0 Å². The number of benzene rings is 1. The van der Waals surface area contributed by atoms with Gasteiger partial charge in [0.25, 0.3) is 0 Å². The first-order valence-corrected chi connectivity index (χ1v) is 9.08. The van der Waals surface area contributed by atoms with Crippen LogP contribution in [0, 0.1) is 6.92 Å². The van der Waals surface area contributed by atoms with Crippen LogP contribution in [0.15, 0.2) is 23.2 Å². The molecule has 122 valence electrons. The van der Waals surface area contributed by atoms with Crippen molar-refractivity contribution in [3.05, 3.63) is 29.3 Å². The third-order valence-electron chi connectivity index (χ3n) is 4.20. The standard InChI is InChI=1S/C17H27N3OS/c1-12-9-13(5-8-16(12)21-3)11-19-17(18-2)20-14-6-7-15(10-14)22-4/h5,8-9,14-15H,6-7,10-11H2,1-4H3,(H2,18,19,20). The van der Waals surface area contributed by atoms with Crippen LogP contribution in [0.5, 0.6) is 5.75 Å². The maximum atomic E-state index is 5.30. The van der Waals surface area contributed by atoms with Gasteiger partial charge in [0, 0.05) is 24.9 Å². The van der Waals surface area contributed by atoms with E-state index in [0.29, 0.717) is 6.04 Å². The molecule has 0 bridgehead atoms. The summed E-state index contributed by atoms with van der Waals surface area (Å²) in [5.74, 6) is 1.82. The van der Waals surface area contributed by atoms with Gasteiger partial charge < -0.3 is 15.4 Å². The number of hydrogen-bond acceptors (Lipinski definition) is 3. The molecule has 4 nitrogen and oxygen atoms in total. The summed E-state index contributed by atoms with van der Waals surface area (Å²) in [6.07, 6.45) is 5.96. The van der Waals surface area contributed by atoms with Gasteiger partial charge in [-0.25, -0.2) is 0 Å². The fraction of sp³-hybridized carbons (Fsp3) is 0.588. The SMILES string of the molecule is CN=C(NCc1ccc(OC)c(C)c1)NC1CCC(SC)C1. The summed E-state index contributed by atoms with van der Waals surface area (Å²) in [7, 11) is 3.53. The van der Waals surface area contributed by atoms with Crippen molar-refractivity contribution in [2.45, 2.75) is 44.0 Å². The van der Waals surface area contributed by atoms with Gasteiger partial charge in [0.15, 0.2) is 5.96 Å². The van der Waals surface area contributed by atoms with E-state index in [1.807, 2.05) is 24.9 Å². The zero-order valence-electron chi connectivity index (χ0n) is 14.0. The lowest BCUT2D eigenvalue weighted by Crippen LogP contribution is -2.42. The molecule has 0 radical (unpaired) electrons. The summed E-state index contributed by atoms with van der Waals surface area (Å²) in [4.78, 5) is 4.34. The minimum absolute atomic E-state index is 0.543. The number of aryl methyl sites for hydroxylation is 1. The molecule has 0 heterocycles. The smallest absolute Gasteiger partial charge is 0.191 e. The predicted molar refractivity (Wildman–Crippen MR) is 96.0 cm³/mol. The first kappa shape index (κ1) is 17.0.